The van der Waals surface area contributed by atoms with Gasteiger partial charge in [-0.1, -0.05) is 20.8 Å². The number of hydrogen-bond acceptors (Lipinski definition) is 7. The lowest BCUT2D eigenvalue weighted by molar-refractivity contribution is -0.108. The molecule has 1 saturated heterocycles. The maximum absolute atomic E-state index is 9.86. The maximum atomic E-state index is 9.86. The monoisotopic (exact) mass is 434 g/mol. The number of thiophene rings is 1. The zero-order chi connectivity index (χ0) is 21.9. The van der Waals surface area contributed by atoms with Gasteiger partial charge in [-0.25, -0.2) is 0 Å². The Morgan fingerprint density at radius 2 is 2.30 bits per heavy atom. The molecule has 3 heterocycles. The molecule has 1 fully saturated rings. The summed E-state index contributed by atoms with van der Waals surface area (Å²) in [4.78, 5) is 9.92. The van der Waals surface area contributed by atoms with E-state index >= 15 is 0 Å². The number of piperidine rings is 1. The minimum atomic E-state index is -0.420. The second-order valence-electron chi connectivity index (χ2n) is 9.52. The first-order valence-electron chi connectivity index (χ1n) is 11.2. The lowest BCUT2D eigenvalue weighted by Gasteiger charge is -2.47. The third-order valence-corrected chi connectivity index (χ3v) is 8.20. The molecule has 3 atom stereocenters. The summed E-state index contributed by atoms with van der Waals surface area (Å²) in [7, 11) is 0. The number of nitrogens with two attached hydrogens (primary N) is 1. The number of hydrogen-bond donors (Lipinski definition) is 2. The summed E-state index contributed by atoms with van der Waals surface area (Å²) in [5.74, 6) is 5.66. The number of aryl methyl sites for hydroxylation is 1. The first-order chi connectivity index (χ1) is 14.2. The van der Waals surface area contributed by atoms with E-state index in [0.717, 1.165) is 44.5 Å². The Labute approximate surface area is 185 Å². The molecule has 1 unspecified atom stereocenters. The van der Waals surface area contributed by atoms with Crippen molar-refractivity contribution in [2.75, 3.05) is 26.2 Å². The van der Waals surface area contributed by atoms with Crippen LogP contribution in [-0.4, -0.2) is 60.3 Å². The third-order valence-electron chi connectivity index (χ3n) is 6.86. The highest BCUT2D eigenvalue weighted by Gasteiger charge is 2.44. The molecule has 3 N–H and O–H groups in total. The molecule has 7 heteroatoms. The van der Waals surface area contributed by atoms with Gasteiger partial charge in [0.05, 0.1) is 24.0 Å². The molecule has 2 aliphatic heterocycles. The number of nitrogens with zero attached hydrogens (tertiary/aromatic N) is 3. The Kier molecular flexibility index (Phi) is 7.38. The lowest BCUT2D eigenvalue weighted by Crippen LogP contribution is -2.51. The van der Waals surface area contributed by atoms with E-state index in [1.165, 1.54) is 15.3 Å². The average Bonchev–Trinajstić information content (AvgIpc) is 3.14. The largest absolute Gasteiger partial charge is 0.393 e. The van der Waals surface area contributed by atoms with Crippen LogP contribution in [0.15, 0.2) is 16.2 Å². The number of hydrazone groups is 1. The minimum Gasteiger partial charge on any atom is -0.393 e. The normalized spacial score (nSPS) is 27.0. The van der Waals surface area contributed by atoms with Gasteiger partial charge >= 0.3 is 0 Å². The van der Waals surface area contributed by atoms with Crippen LogP contribution in [0.25, 0.3) is 0 Å². The highest BCUT2D eigenvalue weighted by Crippen LogP contribution is 2.46. The number of fused-ring (bicyclic) bond motifs is 2. The third kappa shape index (κ3) is 4.96. The van der Waals surface area contributed by atoms with Crippen LogP contribution in [0.1, 0.15) is 62.8 Å². The van der Waals surface area contributed by atoms with Crippen molar-refractivity contribution in [3.05, 3.63) is 21.4 Å². The van der Waals surface area contributed by atoms with Crippen molar-refractivity contribution in [3.8, 4) is 0 Å². The van der Waals surface area contributed by atoms with Crippen LogP contribution in [0.5, 0.6) is 0 Å². The first kappa shape index (κ1) is 23.4. The zero-order valence-corrected chi connectivity index (χ0v) is 20.0. The van der Waals surface area contributed by atoms with Gasteiger partial charge in [-0.15, -0.1) is 11.3 Å². The summed E-state index contributed by atoms with van der Waals surface area (Å²) >= 11 is 1.97. The highest BCUT2D eigenvalue weighted by atomic mass is 32.1. The predicted molar refractivity (Wildman–Crippen MR) is 126 cm³/mol. The second kappa shape index (κ2) is 9.47. The minimum absolute atomic E-state index is 0.136. The number of aliphatic imine (C=N–C) groups is 1. The Morgan fingerprint density at radius 1 is 1.53 bits per heavy atom. The second-order valence-corrected chi connectivity index (χ2v) is 10.7. The van der Waals surface area contributed by atoms with Crippen LogP contribution in [0.3, 0.4) is 0 Å². The Hall–Kier alpha value is -1.28. The highest BCUT2D eigenvalue weighted by molar-refractivity contribution is 7.12. The SMILES string of the molecule is CCc1cc2c(s1)CCO[C@@]21CCN(C/C(C=NCC(C)(C)C(C)O)=N/N)[C@@H](C)C1. The van der Waals surface area contributed by atoms with E-state index in [0.29, 0.717) is 19.1 Å². The van der Waals surface area contributed by atoms with Crippen LogP contribution >= 0.6 is 11.3 Å². The quantitative estimate of drug-likeness (QED) is 0.392. The molecule has 0 aromatic carbocycles. The molecular weight excluding hydrogens is 396 g/mol. The molecule has 0 radical (unpaired) electrons. The number of rotatable bonds is 7. The molecule has 0 bridgehead atoms. The van der Waals surface area contributed by atoms with E-state index < -0.39 is 6.10 Å². The number of aliphatic hydroxyl groups is 1. The van der Waals surface area contributed by atoms with Crippen molar-refractivity contribution < 1.29 is 9.84 Å². The first-order valence-corrected chi connectivity index (χ1v) is 12.0. The van der Waals surface area contributed by atoms with E-state index in [1.54, 1.807) is 13.1 Å². The van der Waals surface area contributed by atoms with Gasteiger partial charge in [-0.3, -0.25) is 9.89 Å². The van der Waals surface area contributed by atoms with Crippen LogP contribution < -0.4 is 5.84 Å². The van der Waals surface area contributed by atoms with Gasteiger partial charge in [-0.05, 0) is 44.7 Å². The van der Waals surface area contributed by atoms with Crippen molar-refractivity contribution >= 4 is 23.3 Å². The Balaban J connectivity index is 1.64. The van der Waals surface area contributed by atoms with Gasteiger partial charge in [0.15, 0.2) is 0 Å². The van der Waals surface area contributed by atoms with E-state index in [4.69, 9.17) is 10.6 Å². The number of likely N-dealkylation sites (tertiary alicyclic amines) is 1. The van der Waals surface area contributed by atoms with Crippen LogP contribution in [0.4, 0.5) is 0 Å². The van der Waals surface area contributed by atoms with Crippen LogP contribution in [0.2, 0.25) is 0 Å². The molecule has 30 heavy (non-hydrogen) atoms. The molecule has 2 aliphatic rings. The van der Waals surface area contributed by atoms with Crippen molar-refractivity contribution in [3.63, 3.8) is 0 Å². The van der Waals surface area contributed by atoms with E-state index in [2.05, 4.69) is 34.9 Å². The number of aliphatic hydroxyl groups excluding tert-OH is 1. The summed E-state index contributed by atoms with van der Waals surface area (Å²) in [6.45, 7) is 13.3. The molecule has 6 nitrogen and oxygen atoms in total. The van der Waals surface area contributed by atoms with Gasteiger partial charge in [-0.2, -0.15) is 5.10 Å². The summed E-state index contributed by atoms with van der Waals surface area (Å²) in [6.07, 6.45) is 5.47. The summed E-state index contributed by atoms with van der Waals surface area (Å²) < 4.78 is 6.44. The summed E-state index contributed by atoms with van der Waals surface area (Å²) in [5, 5.41) is 13.8. The van der Waals surface area contributed by atoms with Gasteiger partial charge in [0.1, 0.15) is 0 Å². The topological polar surface area (TPSA) is 83.4 Å². The van der Waals surface area contributed by atoms with Crippen molar-refractivity contribution in [2.45, 2.75) is 78.0 Å². The number of ether oxygens (including phenoxy) is 1. The van der Waals surface area contributed by atoms with Gasteiger partial charge in [0.2, 0.25) is 0 Å². The lowest BCUT2D eigenvalue weighted by atomic mass is 9.79. The molecule has 1 aromatic rings. The standard InChI is InChI=1S/C23H38N4O2S/c1-6-19-11-20-21(30-19)7-10-29-23(20)8-9-27(16(2)12-23)14-18(26-24)13-25-15-22(4,5)17(3)28/h11,13,16-17,28H,6-10,12,14-15,24H2,1-5H3/b25-13?,26-18+/t16-,17?,23+/m0/s1. The zero-order valence-electron chi connectivity index (χ0n) is 19.1. The van der Waals surface area contributed by atoms with Crippen LogP contribution in [0, 0.1) is 5.41 Å². The fourth-order valence-electron chi connectivity index (χ4n) is 4.35. The van der Waals surface area contributed by atoms with Crippen molar-refractivity contribution in [2.24, 2.45) is 21.4 Å². The van der Waals surface area contributed by atoms with Crippen molar-refractivity contribution in [1.29, 1.82) is 0 Å². The molecule has 3 rings (SSSR count). The fraction of sp³-hybridized carbons (Fsp3) is 0.739. The Bertz CT molecular complexity index is 786. The molecule has 168 valence electrons. The molecule has 1 aromatic heterocycles. The Morgan fingerprint density at radius 3 is 2.93 bits per heavy atom. The summed E-state index contributed by atoms with van der Waals surface area (Å²) in [5.41, 5.74) is 1.81. The molecule has 1 spiro atoms. The van der Waals surface area contributed by atoms with Gasteiger partial charge in [0, 0.05) is 53.5 Å². The van der Waals surface area contributed by atoms with E-state index in [1.807, 2.05) is 25.2 Å². The molecule has 0 aliphatic carbocycles. The van der Waals surface area contributed by atoms with Gasteiger partial charge in [0.25, 0.3) is 0 Å². The maximum Gasteiger partial charge on any atom is 0.0969 e. The fourth-order valence-corrected chi connectivity index (χ4v) is 5.53. The predicted octanol–water partition coefficient (Wildman–Crippen LogP) is 3.36. The molecule has 0 saturated carbocycles. The van der Waals surface area contributed by atoms with E-state index in [-0.39, 0.29) is 11.0 Å². The summed E-state index contributed by atoms with van der Waals surface area (Å²) in [6, 6.07) is 2.76. The van der Waals surface area contributed by atoms with Gasteiger partial charge < -0.3 is 15.7 Å². The molecule has 0 amide bonds. The van der Waals surface area contributed by atoms with Crippen LogP contribution in [-0.2, 0) is 23.2 Å². The smallest absolute Gasteiger partial charge is 0.0969 e. The van der Waals surface area contributed by atoms with E-state index in [9.17, 15) is 5.11 Å². The van der Waals surface area contributed by atoms with Crippen molar-refractivity contribution in [1.82, 2.24) is 4.90 Å². The average molecular weight is 435 g/mol. The molecular formula is C23H38N4O2S.